The second-order valence-corrected chi connectivity index (χ2v) is 9.28. The van der Waals surface area contributed by atoms with Gasteiger partial charge in [0, 0.05) is 18.2 Å². The van der Waals surface area contributed by atoms with Gasteiger partial charge < -0.3 is 16.5 Å². The third kappa shape index (κ3) is 4.45. The van der Waals surface area contributed by atoms with Crippen molar-refractivity contribution in [3.05, 3.63) is 101 Å². The highest BCUT2D eigenvalue weighted by Crippen LogP contribution is 2.39. The average Bonchev–Trinajstić information content (AvgIpc) is 3.62. The number of hydrogen-bond donors (Lipinski definition) is 5. The second-order valence-electron chi connectivity index (χ2n) is 9.28. The van der Waals surface area contributed by atoms with Gasteiger partial charge in [-0.2, -0.15) is 5.10 Å². The molecule has 0 saturated carbocycles. The van der Waals surface area contributed by atoms with Crippen LogP contribution in [0.1, 0.15) is 52.6 Å². The van der Waals surface area contributed by atoms with Crippen LogP contribution in [0.2, 0.25) is 0 Å². The molecule has 6 rings (SSSR count). The molecule has 0 spiro atoms. The van der Waals surface area contributed by atoms with E-state index in [2.05, 4.69) is 86.5 Å². The van der Waals surface area contributed by atoms with Crippen LogP contribution in [0.25, 0.3) is 0 Å². The predicted molar refractivity (Wildman–Crippen MR) is 139 cm³/mol. The van der Waals surface area contributed by atoms with E-state index in [1.165, 1.54) is 16.7 Å². The molecule has 2 atom stereocenters. The number of rotatable bonds is 8. The number of benzene rings is 2. The Labute approximate surface area is 204 Å². The predicted octanol–water partition coefficient (Wildman–Crippen LogP) is 3.96. The molecule has 0 radical (unpaired) electrons. The number of nitrogens with two attached hydrogens (primary N) is 1. The molecule has 0 fully saturated rings. The third-order valence-electron chi connectivity index (χ3n) is 7.01. The molecule has 8 heteroatoms. The topological polar surface area (TPSA) is 105 Å². The number of hydrogen-bond acceptors (Lipinski definition) is 7. The standard InChI is InChI=1S/C27H30N8/c28-25-14-23(26-27(31-25)33-34-32-26)21(12-13-29-24-11-10-19-8-4-5-9-22(19)24)20-15-30-35(17-20)16-18-6-2-1-3-7-18/h1-9,14-15,17,21,24,29,32,34H,10-13,16H2,(H3,28,31,33). The zero-order valence-electron chi connectivity index (χ0n) is 19.5. The van der Waals surface area contributed by atoms with Crippen LogP contribution in [0.4, 0.5) is 17.3 Å². The molecular weight excluding hydrogens is 436 g/mol. The maximum absolute atomic E-state index is 6.19. The number of aromatic nitrogens is 3. The summed E-state index contributed by atoms with van der Waals surface area (Å²) in [6.07, 6.45) is 7.33. The van der Waals surface area contributed by atoms with Gasteiger partial charge in [0.1, 0.15) is 5.82 Å². The lowest BCUT2D eigenvalue weighted by Gasteiger charge is -2.21. The molecule has 2 aromatic heterocycles. The Kier molecular flexibility index (Phi) is 5.81. The molecule has 178 valence electrons. The van der Waals surface area contributed by atoms with E-state index >= 15 is 0 Å². The van der Waals surface area contributed by atoms with Crippen LogP contribution in [0.3, 0.4) is 0 Å². The summed E-state index contributed by atoms with van der Waals surface area (Å²) >= 11 is 0. The van der Waals surface area contributed by atoms with Crippen LogP contribution in [-0.4, -0.2) is 21.3 Å². The minimum Gasteiger partial charge on any atom is -0.384 e. The van der Waals surface area contributed by atoms with Gasteiger partial charge in [0.2, 0.25) is 0 Å². The molecule has 1 aliphatic carbocycles. The summed E-state index contributed by atoms with van der Waals surface area (Å²) < 4.78 is 2.01. The van der Waals surface area contributed by atoms with Crippen molar-refractivity contribution in [3.63, 3.8) is 0 Å². The van der Waals surface area contributed by atoms with Gasteiger partial charge in [-0.15, -0.1) is 5.53 Å². The van der Waals surface area contributed by atoms with E-state index in [1.54, 1.807) is 0 Å². The number of hydrazine groups is 2. The van der Waals surface area contributed by atoms with Crippen LogP contribution in [0.5, 0.6) is 0 Å². The lowest BCUT2D eigenvalue weighted by Crippen LogP contribution is -2.23. The smallest absolute Gasteiger partial charge is 0.169 e. The number of nitrogens with zero attached hydrogens (tertiary/aromatic N) is 3. The fraction of sp³-hybridized carbons (Fsp3) is 0.259. The van der Waals surface area contributed by atoms with E-state index in [9.17, 15) is 0 Å². The van der Waals surface area contributed by atoms with Crippen molar-refractivity contribution in [2.75, 3.05) is 23.1 Å². The minimum atomic E-state index is 0.108. The van der Waals surface area contributed by atoms with Crippen LogP contribution in [-0.2, 0) is 13.0 Å². The molecule has 35 heavy (non-hydrogen) atoms. The van der Waals surface area contributed by atoms with Gasteiger partial charge in [-0.3, -0.25) is 10.1 Å². The minimum absolute atomic E-state index is 0.108. The average molecular weight is 467 g/mol. The Balaban J connectivity index is 1.26. The molecule has 0 amide bonds. The van der Waals surface area contributed by atoms with Crippen LogP contribution < -0.4 is 27.4 Å². The Morgan fingerprint density at radius 2 is 1.94 bits per heavy atom. The Bertz CT molecular complexity index is 1320. The van der Waals surface area contributed by atoms with Crippen molar-refractivity contribution in [2.45, 2.75) is 37.8 Å². The lowest BCUT2D eigenvalue weighted by molar-refractivity contribution is 0.508. The first-order valence-electron chi connectivity index (χ1n) is 12.2. The summed E-state index contributed by atoms with van der Waals surface area (Å²) in [5.74, 6) is 1.33. The lowest BCUT2D eigenvalue weighted by atomic mass is 9.89. The van der Waals surface area contributed by atoms with Gasteiger partial charge in [-0.1, -0.05) is 54.6 Å². The summed E-state index contributed by atoms with van der Waals surface area (Å²) in [7, 11) is 0. The highest BCUT2D eigenvalue weighted by Gasteiger charge is 2.26. The monoisotopic (exact) mass is 466 g/mol. The number of nitrogens with one attached hydrogen (secondary N) is 4. The largest absolute Gasteiger partial charge is 0.384 e. The van der Waals surface area contributed by atoms with Crippen LogP contribution >= 0.6 is 0 Å². The van der Waals surface area contributed by atoms with Gasteiger partial charge in [0.15, 0.2) is 5.82 Å². The molecule has 1 aliphatic heterocycles. The Hall–Kier alpha value is -3.88. The summed E-state index contributed by atoms with van der Waals surface area (Å²) in [5.41, 5.74) is 22.7. The third-order valence-corrected chi connectivity index (χ3v) is 7.01. The zero-order chi connectivity index (χ0) is 23.6. The molecule has 6 N–H and O–H groups in total. The number of anilines is 3. The van der Waals surface area contributed by atoms with Gasteiger partial charge in [-0.05, 0) is 59.7 Å². The van der Waals surface area contributed by atoms with Gasteiger partial charge in [0.25, 0.3) is 0 Å². The molecule has 0 bridgehead atoms. The van der Waals surface area contributed by atoms with Crippen LogP contribution in [0, 0.1) is 0 Å². The molecule has 2 unspecified atom stereocenters. The molecule has 2 aromatic carbocycles. The van der Waals surface area contributed by atoms with Crippen molar-refractivity contribution in [1.82, 2.24) is 25.6 Å². The molecule has 8 nitrogen and oxygen atoms in total. The fourth-order valence-corrected chi connectivity index (χ4v) is 5.32. The normalized spacial score (nSPS) is 16.9. The van der Waals surface area contributed by atoms with Crippen molar-refractivity contribution in [2.24, 2.45) is 0 Å². The zero-order valence-corrected chi connectivity index (χ0v) is 19.5. The first-order valence-corrected chi connectivity index (χ1v) is 12.2. The van der Waals surface area contributed by atoms with E-state index in [-0.39, 0.29) is 5.92 Å². The van der Waals surface area contributed by atoms with Crippen molar-refractivity contribution >= 4 is 17.3 Å². The number of fused-ring (bicyclic) bond motifs is 2. The van der Waals surface area contributed by atoms with Gasteiger partial charge in [0.05, 0.1) is 18.4 Å². The molecule has 3 heterocycles. The summed E-state index contributed by atoms with van der Waals surface area (Å²) in [4.78, 5) is 4.43. The molecule has 4 aromatic rings. The van der Waals surface area contributed by atoms with Crippen molar-refractivity contribution in [1.29, 1.82) is 0 Å². The molecular formula is C27H30N8. The highest BCUT2D eigenvalue weighted by atomic mass is 15.6. The van der Waals surface area contributed by atoms with Gasteiger partial charge in [-0.25, -0.2) is 4.98 Å². The van der Waals surface area contributed by atoms with E-state index in [0.717, 1.165) is 55.0 Å². The maximum atomic E-state index is 6.19. The summed E-state index contributed by atoms with van der Waals surface area (Å²) in [6, 6.07) is 21.6. The fourth-order valence-electron chi connectivity index (χ4n) is 5.32. The van der Waals surface area contributed by atoms with Crippen molar-refractivity contribution < 1.29 is 0 Å². The van der Waals surface area contributed by atoms with E-state index in [0.29, 0.717) is 11.9 Å². The summed E-state index contributed by atoms with van der Waals surface area (Å²) in [6.45, 7) is 1.62. The van der Waals surface area contributed by atoms with E-state index in [1.807, 2.05) is 23.0 Å². The Morgan fingerprint density at radius 3 is 2.86 bits per heavy atom. The number of nitrogen functional groups attached to an aromatic ring is 1. The van der Waals surface area contributed by atoms with Crippen LogP contribution in [0.15, 0.2) is 73.1 Å². The maximum Gasteiger partial charge on any atom is 0.169 e. The highest BCUT2D eigenvalue weighted by molar-refractivity contribution is 5.75. The number of aryl methyl sites for hydroxylation is 1. The Morgan fingerprint density at radius 1 is 1.09 bits per heavy atom. The van der Waals surface area contributed by atoms with Crippen molar-refractivity contribution in [3.8, 4) is 0 Å². The summed E-state index contributed by atoms with van der Waals surface area (Å²) in [5, 5.41) is 8.50. The van der Waals surface area contributed by atoms with E-state index in [4.69, 9.17) is 5.73 Å². The van der Waals surface area contributed by atoms with Gasteiger partial charge >= 0.3 is 0 Å². The molecule has 0 saturated heterocycles. The number of pyridine rings is 1. The second kappa shape index (κ2) is 9.40. The van der Waals surface area contributed by atoms with E-state index < -0.39 is 0 Å². The molecule has 2 aliphatic rings. The first kappa shape index (κ1) is 21.6. The quantitative estimate of drug-likeness (QED) is 0.268. The SMILES string of the molecule is Nc1cc(C(CCNC2CCc3ccccc32)c2cnn(Cc3ccccc3)c2)c2c(n1)NNN2. The first-order chi connectivity index (χ1) is 17.2.